The fourth-order valence-electron chi connectivity index (χ4n) is 3.99. The Balaban J connectivity index is 1.31. The third-order valence-electron chi connectivity index (χ3n) is 5.98. The highest BCUT2D eigenvalue weighted by molar-refractivity contribution is 8.27. The molecule has 1 N–H and O–H groups in total. The van der Waals surface area contributed by atoms with Gasteiger partial charge in [-0.25, -0.2) is 4.39 Å². The van der Waals surface area contributed by atoms with Crippen molar-refractivity contribution < 1.29 is 23.5 Å². The number of nitrogens with zero attached hydrogens (tertiary/aromatic N) is 1. The summed E-state index contributed by atoms with van der Waals surface area (Å²) in [5.74, 6) is 0.0468. The Morgan fingerprint density at radius 1 is 0.975 bits per heavy atom. The van der Waals surface area contributed by atoms with Gasteiger partial charge in [-0.2, -0.15) is 0 Å². The van der Waals surface area contributed by atoms with Crippen molar-refractivity contribution in [3.05, 3.63) is 124 Å². The number of methoxy groups -OCH3 is 1. The Morgan fingerprint density at radius 2 is 1.75 bits per heavy atom. The van der Waals surface area contributed by atoms with Crippen LogP contribution in [0.1, 0.15) is 21.5 Å². The van der Waals surface area contributed by atoms with Crippen molar-refractivity contribution in [2.45, 2.75) is 6.61 Å². The number of amides is 2. The number of ether oxygens (including phenoxy) is 2. The van der Waals surface area contributed by atoms with Crippen LogP contribution in [0.2, 0.25) is 0 Å². The van der Waals surface area contributed by atoms with Crippen molar-refractivity contribution >= 4 is 57.6 Å². The number of carbonyl (C=O) groups is 2. The summed E-state index contributed by atoms with van der Waals surface area (Å²) in [6.07, 6.45) is 1.74. The average molecular weight is 571 g/mol. The topological polar surface area (TPSA) is 67.9 Å². The van der Waals surface area contributed by atoms with E-state index in [1.54, 1.807) is 49.6 Å². The van der Waals surface area contributed by atoms with Gasteiger partial charge in [0, 0.05) is 11.3 Å². The quantitative estimate of drug-likeness (QED) is 0.181. The molecular formula is C31H23FN2O4S2. The van der Waals surface area contributed by atoms with Gasteiger partial charge in [-0.05, 0) is 71.8 Å². The normalized spacial score (nSPS) is 13.9. The third-order valence-corrected chi connectivity index (χ3v) is 7.29. The monoisotopic (exact) mass is 570 g/mol. The lowest BCUT2D eigenvalue weighted by Crippen LogP contribution is -2.27. The molecule has 2 amide bonds. The van der Waals surface area contributed by atoms with E-state index in [4.69, 9.17) is 21.7 Å². The molecule has 4 aromatic carbocycles. The largest absolute Gasteiger partial charge is 0.493 e. The van der Waals surface area contributed by atoms with Crippen molar-refractivity contribution in [2.75, 3.05) is 17.3 Å². The molecule has 6 nitrogen and oxygen atoms in total. The Morgan fingerprint density at radius 3 is 2.50 bits per heavy atom. The van der Waals surface area contributed by atoms with E-state index < -0.39 is 11.7 Å². The van der Waals surface area contributed by atoms with Crippen molar-refractivity contribution in [1.29, 1.82) is 0 Å². The van der Waals surface area contributed by atoms with E-state index in [0.717, 1.165) is 11.1 Å². The molecule has 1 heterocycles. The van der Waals surface area contributed by atoms with Crippen molar-refractivity contribution in [3.8, 4) is 11.5 Å². The van der Waals surface area contributed by atoms with Crippen molar-refractivity contribution in [1.82, 2.24) is 0 Å². The van der Waals surface area contributed by atoms with Gasteiger partial charge in [-0.3, -0.25) is 14.5 Å². The summed E-state index contributed by atoms with van der Waals surface area (Å²) in [5, 5.41) is 2.72. The summed E-state index contributed by atoms with van der Waals surface area (Å²) >= 11 is 6.69. The minimum absolute atomic E-state index is 0.297. The zero-order chi connectivity index (χ0) is 28.1. The second kappa shape index (κ2) is 12.1. The summed E-state index contributed by atoms with van der Waals surface area (Å²) in [7, 11) is 1.56. The second-order valence-corrected chi connectivity index (χ2v) is 10.4. The van der Waals surface area contributed by atoms with E-state index >= 15 is 0 Å². The first kappa shape index (κ1) is 27.1. The van der Waals surface area contributed by atoms with Crippen LogP contribution in [0.4, 0.5) is 15.8 Å². The fourth-order valence-corrected chi connectivity index (χ4v) is 5.29. The van der Waals surface area contributed by atoms with Gasteiger partial charge >= 0.3 is 0 Å². The summed E-state index contributed by atoms with van der Waals surface area (Å²) < 4.78 is 25.0. The number of carbonyl (C=O) groups excluding carboxylic acids is 2. The van der Waals surface area contributed by atoms with E-state index in [1.807, 2.05) is 36.4 Å². The van der Waals surface area contributed by atoms with Crippen LogP contribution in [0.15, 0.2) is 102 Å². The first-order valence-corrected chi connectivity index (χ1v) is 13.4. The lowest BCUT2D eigenvalue weighted by molar-refractivity contribution is -0.113. The Labute approximate surface area is 240 Å². The molecule has 40 heavy (non-hydrogen) atoms. The zero-order valence-electron chi connectivity index (χ0n) is 21.3. The molecule has 5 rings (SSSR count). The van der Waals surface area contributed by atoms with Crippen LogP contribution in [0, 0.1) is 5.82 Å². The molecule has 1 aliphatic heterocycles. The highest BCUT2D eigenvalue weighted by Crippen LogP contribution is 2.37. The van der Waals surface area contributed by atoms with E-state index in [9.17, 15) is 14.0 Å². The molecule has 0 saturated carbocycles. The zero-order valence-corrected chi connectivity index (χ0v) is 22.9. The van der Waals surface area contributed by atoms with Crippen molar-refractivity contribution in [2.24, 2.45) is 0 Å². The first-order valence-electron chi connectivity index (χ1n) is 12.2. The van der Waals surface area contributed by atoms with Gasteiger partial charge in [0.1, 0.15) is 12.4 Å². The molecule has 0 aliphatic carbocycles. The van der Waals surface area contributed by atoms with Crippen LogP contribution in [0.3, 0.4) is 0 Å². The van der Waals surface area contributed by atoms with E-state index in [1.165, 1.54) is 40.9 Å². The van der Waals surface area contributed by atoms with Gasteiger partial charge < -0.3 is 14.8 Å². The number of benzene rings is 4. The molecule has 0 atom stereocenters. The number of thioether (sulfide) groups is 1. The summed E-state index contributed by atoms with van der Waals surface area (Å²) in [5.41, 5.74) is 3.04. The van der Waals surface area contributed by atoms with Gasteiger partial charge in [0.05, 0.1) is 17.7 Å². The summed E-state index contributed by atoms with van der Waals surface area (Å²) in [4.78, 5) is 28.0. The molecule has 1 saturated heterocycles. The Bertz CT molecular complexity index is 1610. The average Bonchev–Trinajstić information content (AvgIpc) is 3.25. The third kappa shape index (κ3) is 6.22. The predicted octanol–water partition coefficient (Wildman–Crippen LogP) is 7.07. The maximum Gasteiger partial charge on any atom is 0.270 e. The second-order valence-electron chi connectivity index (χ2n) is 8.71. The number of hydrogen-bond donors (Lipinski definition) is 1. The minimum Gasteiger partial charge on any atom is -0.493 e. The molecule has 0 aromatic heterocycles. The van der Waals surface area contributed by atoms with Crippen LogP contribution < -0.4 is 19.7 Å². The van der Waals surface area contributed by atoms with Gasteiger partial charge in [-0.15, -0.1) is 0 Å². The fraction of sp³-hybridized carbons (Fsp3) is 0.0645. The SMILES string of the molecule is COc1cc(/C=C2/SC(=S)N(c3cccc(C(=O)Nc4ccc(F)cc4)c3)C2=O)ccc1OCc1ccccc1. The van der Waals surface area contributed by atoms with E-state index in [0.29, 0.717) is 44.3 Å². The molecule has 0 unspecified atom stereocenters. The van der Waals surface area contributed by atoms with Crippen LogP contribution in [-0.2, 0) is 11.4 Å². The highest BCUT2D eigenvalue weighted by Gasteiger charge is 2.33. The molecule has 4 aromatic rings. The summed E-state index contributed by atoms with van der Waals surface area (Å²) in [6, 6.07) is 27.3. The highest BCUT2D eigenvalue weighted by atomic mass is 32.2. The van der Waals surface area contributed by atoms with E-state index in [-0.39, 0.29) is 5.91 Å². The van der Waals surface area contributed by atoms with Gasteiger partial charge in [0.25, 0.3) is 11.8 Å². The minimum atomic E-state index is -0.395. The van der Waals surface area contributed by atoms with Gasteiger partial charge in [0.15, 0.2) is 15.8 Å². The van der Waals surface area contributed by atoms with Crippen LogP contribution in [-0.4, -0.2) is 23.2 Å². The number of thiocarbonyl (C=S) groups is 1. The molecule has 1 fully saturated rings. The predicted molar refractivity (Wildman–Crippen MR) is 160 cm³/mol. The molecule has 1 aliphatic rings. The first-order chi connectivity index (χ1) is 19.4. The number of hydrogen-bond acceptors (Lipinski definition) is 6. The van der Waals surface area contributed by atoms with Crippen molar-refractivity contribution in [3.63, 3.8) is 0 Å². The molecule has 9 heteroatoms. The number of nitrogens with one attached hydrogen (secondary N) is 1. The smallest absolute Gasteiger partial charge is 0.270 e. The number of anilines is 2. The maximum atomic E-state index is 13.4. The number of halogens is 1. The lowest BCUT2D eigenvalue weighted by atomic mass is 10.1. The van der Waals surface area contributed by atoms with E-state index in [2.05, 4.69) is 5.32 Å². The van der Waals surface area contributed by atoms with Crippen LogP contribution >= 0.6 is 24.0 Å². The molecular weight excluding hydrogens is 547 g/mol. The number of rotatable bonds is 8. The van der Waals surface area contributed by atoms with Gasteiger partial charge in [0.2, 0.25) is 0 Å². The Kier molecular flexibility index (Phi) is 8.23. The van der Waals surface area contributed by atoms with Crippen LogP contribution in [0.5, 0.6) is 11.5 Å². The molecule has 0 radical (unpaired) electrons. The Hall–Kier alpha value is -4.47. The maximum absolute atomic E-state index is 13.4. The lowest BCUT2D eigenvalue weighted by Gasteiger charge is -2.15. The molecule has 0 spiro atoms. The molecule has 0 bridgehead atoms. The van der Waals surface area contributed by atoms with Crippen LogP contribution in [0.25, 0.3) is 6.08 Å². The standard InChI is InChI=1S/C31H23FN2O4S2/c1-37-27-16-21(10-15-26(27)38-19-20-6-3-2-4-7-20)17-28-30(36)34(31(39)40-28)25-9-5-8-22(18-25)29(35)33-24-13-11-23(32)12-14-24/h2-18H,19H2,1H3,(H,33,35)/b28-17+. The van der Waals surface area contributed by atoms with Gasteiger partial charge in [-0.1, -0.05) is 66.4 Å². The molecule has 200 valence electrons. The summed E-state index contributed by atoms with van der Waals surface area (Å²) in [6.45, 7) is 0.399.